The molecule has 1 aliphatic heterocycles. The zero-order valence-corrected chi connectivity index (χ0v) is 21.4. The third-order valence-electron chi connectivity index (χ3n) is 7.28. The van der Waals surface area contributed by atoms with E-state index < -0.39 is 11.9 Å². The van der Waals surface area contributed by atoms with Gasteiger partial charge in [0.2, 0.25) is 5.88 Å². The number of methoxy groups -OCH3 is 1. The van der Waals surface area contributed by atoms with Gasteiger partial charge in [0.15, 0.2) is 5.69 Å². The summed E-state index contributed by atoms with van der Waals surface area (Å²) in [5.41, 5.74) is 3.45. The number of hydrogen-bond donors (Lipinski definition) is 0. The summed E-state index contributed by atoms with van der Waals surface area (Å²) in [5.74, 6) is 2.24. The van der Waals surface area contributed by atoms with E-state index in [0.29, 0.717) is 23.9 Å². The molecule has 0 radical (unpaired) electrons. The monoisotopic (exact) mass is 523 g/mol. The van der Waals surface area contributed by atoms with Gasteiger partial charge >= 0.3 is 6.18 Å². The smallest absolute Gasteiger partial charge is 0.434 e. The first-order chi connectivity index (χ1) is 18.2. The lowest BCUT2D eigenvalue weighted by atomic mass is 10.1. The molecule has 0 amide bonds. The first-order valence-corrected chi connectivity index (χ1v) is 12.7. The van der Waals surface area contributed by atoms with Crippen LogP contribution >= 0.6 is 0 Å². The Balaban J connectivity index is 1.28. The predicted molar refractivity (Wildman–Crippen MR) is 136 cm³/mol. The Bertz CT molecular complexity index is 1470. The SMILES string of the molecule is COc1ncnc(C2CC2)c1-c1cc2n(n1)C(C)CCN2Cc1ccc(-c2nc(C(F)(F)F)cn2C)cc1. The van der Waals surface area contributed by atoms with E-state index >= 15 is 0 Å². The van der Waals surface area contributed by atoms with Crippen LogP contribution in [0.2, 0.25) is 0 Å². The van der Waals surface area contributed by atoms with Gasteiger partial charge in [-0.1, -0.05) is 24.3 Å². The van der Waals surface area contributed by atoms with Crippen molar-refractivity contribution in [3.05, 3.63) is 59.8 Å². The molecule has 38 heavy (non-hydrogen) atoms. The number of rotatable bonds is 6. The summed E-state index contributed by atoms with van der Waals surface area (Å²) in [6.45, 7) is 3.67. The number of halogens is 3. The van der Waals surface area contributed by atoms with Crippen molar-refractivity contribution in [3.63, 3.8) is 0 Å². The summed E-state index contributed by atoms with van der Waals surface area (Å²) in [6.07, 6.45) is 1.25. The zero-order valence-electron chi connectivity index (χ0n) is 21.4. The average Bonchev–Trinajstić information content (AvgIpc) is 3.52. The van der Waals surface area contributed by atoms with Crippen molar-refractivity contribution in [2.24, 2.45) is 7.05 Å². The van der Waals surface area contributed by atoms with E-state index in [1.165, 1.54) is 4.57 Å². The van der Waals surface area contributed by atoms with E-state index in [1.807, 2.05) is 24.3 Å². The van der Waals surface area contributed by atoms with Crippen molar-refractivity contribution in [2.75, 3.05) is 18.6 Å². The molecule has 1 fully saturated rings. The van der Waals surface area contributed by atoms with Crippen molar-refractivity contribution in [1.82, 2.24) is 29.3 Å². The minimum Gasteiger partial charge on any atom is -0.480 e. The van der Waals surface area contributed by atoms with Gasteiger partial charge in [-0.25, -0.2) is 19.6 Å². The Morgan fingerprint density at radius 2 is 1.84 bits per heavy atom. The predicted octanol–water partition coefficient (Wildman–Crippen LogP) is 5.62. The summed E-state index contributed by atoms with van der Waals surface area (Å²) in [7, 11) is 3.19. The van der Waals surface area contributed by atoms with Crippen LogP contribution in [0.15, 0.2) is 42.9 Å². The van der Waals surface area contributed by atoms with E-state index in [9.17, 15) is 13.2 Å². The lowest BCUT2D eigenvalue weighted by molar-refractivity contribution is -0.140. The molecule has 0 bridgehead atoms. The van der Waals surface area contributed by atoms with E-state index in [-0.39, 0.29) is 11.9 Å². The number of aryl methyl sites for hydroxylation is 1. The molecule has 0 saturated heterocycles. The Hall–Kier alpha value is -3.89. The number of hydrogen-bond acceptors (Lipinski definition) is 6. The standard InChI is InChI=1S/C27H28F3N7O/c1-16-10-11-36(13-17-4-6-19(7-5-17)25-33-21(14-35(25)2)27(28,29)30)22-12-20(34-37(16)22)23-24(18-8-9-18)31-15-32-26(23)38-3/h4-7,12,14-16,18H,8-11,13H2,1-3H3. The highest BCUT2D eigenvalue weighted by Gasteiger charge is 2.35. The van der Waals surface area contributed by atoms with Crippen molar-refractivity contribution in [1.29, 1.82) is 0 Å². The molecule has 0 spiro atoms. The molecule has 1 aliphatic carbocycles. The molecule has 11 heteroatoms. The van der Waals surface area contributed by atoms with E-state index in [4.69, 9.17) is 9.84 Å². The molecule has 4 heterocycles. The molecule has 4 aromatic rings. The van der Waals surface area contributed by atoms with Gasteiger partial charge in [0.25, 0.3) is 0 Å². The van der Waals surface area contributed by atoms with Gasteiger partial charge in [0.1, 0.15) is 23.7 Å². The Labute approximate surface area is 218 Å². The van der Waals surface area contributed by atoms with Crippen LogP contribution in [0.5, 0.6) is 5.88 Å². The molecular weight excluding hydrogens is 495 g/mol. The fourth-order valence-electron chi connectivity index (χ4n) is 5.10. The maximum absolute atomic E-state index is 13.1. The van der Waals surface area contributed by atoms with Crippen LogP contribution in [0.3, 0.4) is 0 Å². The van der Waals surface area contributed by atoms with Crippen LogP contribution in [-0.2, 0) is 19.8 Å². The van der Waals surface area contributed by atoms with Crippen molar-refractivity contribution in [2.45, 2.75) is 50.9 Å². The average molecular weight is 524 g/mol. The summed E-state index contributed by atoms with van der Waals surface area (Å²) in [5, 5.41) is 4.97. The lowest BCUT2D eigenvalue weighted by Gasteiger charge is -2.33. The fraction of sp³-hybridized carbons (Fsp3) is 0.407. The van der Waals surface area contributed by atoms with Crippen LogP contribution < -0.4 is 9.64 Å². The third kappa shape index (κ3) is 4.39. The van der Waals surface area contributed by atoms with Gasteiger partial charge < -0.3 is 14.2 Å². The zero-order chi connectivity index (χ0) is 26.6. The number of fused-ring (bicyclic) bond motifs is 1. The largest absolute Gasteiger partial charge is 0.480 e. The van der Waals surface area contributed by atoms with Crippen LogP contribution in [-0.4, -0.2) is 43.0 Å². The number of imidazole rings is 1. The first kappa shape index (κ1) is 24.4. The minimum atomic E-state index is -4.47. The number of nitrogens with zero attached hydrogens (tertiary/aromatic N) is 7. The molecule has 0 N–H and O–H groups in total. The number of ether oxygens (including phenoxy) is 1. The molecule has 1 aromatic carbocycles. The van der Waals surface area contributed by atoms with Crippen molar-refractivity contribution >= 4 is 5.82 Å². The molecule has 1 unspecified atom stereocenters. The molecule has 6 rings (SSSR count). The van der Waals surface area contributed by atoms with Crippen LogP contribution in [0.4, 0.5) is 19.0 Å². The molecule has 1 atom stereocenters. The van der Waals surface area contributed by atoms with Crippen molar-refractivity contribution < 1.29 is 17.9 Å². The number of aromatic nitrogens is 6. The quantitative estimate of drug-likeness (QED) is 0.327. The van der Waals surface area contributed by atoms with Gasteiger partial charge in [-0.05, 0) is 31.7 Å². The first-order valence-electron chi connectivity index (χ1n) is 12.7. The van der Waals surface area contributed by atoms with Gasteiger partial charge in [-0.2, -0.15) is 18.3 Å². The summed E-state index contributed by atoms with van der Waals surface area (Å²) in [4.78, 5) is 15.0. The Morgan fingerprint density at radius 3 is 2.50 bits per heavy atom. The number of anilines is 1. The van der Waals surface area contributed by atoms with E-state index in [1.54, 1.807) is 20.5 Å². The van der Waals surface area contributed by atoms with Crippen LogP contribution in [0.1, 0.15) is 55.1 Å². The van der Waals surface area contributed by atoms with Crippen LogP contribution in [0, 0.1) is 0 Å². The summed E-state index contributed by atoms with van der Waals surface area (Å²) < 4.78 is 48.3. The maximum Gasteiger partial charge on any atom is 0.434 e. The topological polar surface area (TPSA) is 73.9 Å². The van der Waals surface area contributed by atoms with Gasteiger partial charge in [0, 0.05) is 43.9 Å². The van der Waals surface area contributed by atoms with Gasteiger partial charge in [0.05, 0.1) is 24.4 Å². The molecule has 1 saturated carbocycles. The molecule has 198 valence electrons. The highest BCUT2D eigenvalue weighted by atomic mass is 19.4. The second kappa shape index (κ2) is 9.14. The molecule has 2 aliphatic rings. The van der Waals surface area contributed by atoms with Gasteiger partial charge in [-0.15, -0.1) is 0 Å². The van der Waals surface area contributed by atoms with Crippen LogP contribution in [0.25, 0.3) is 22.6 Å². The lowest BCUT2D eigenvalue weighted by Crippen LogP contribution is -2.33. The second-order valence-electron chi connectivity index (χ2n) is 10.1. The Kier molecular flexibility index (Phi) is 5.88. The van der Waals surface area contributed by atoms with E-state index in [0.717, 1.165) is 60.3 Å². The summed E-state index contributed by atoms with van der Waals surface area (Å²) >= 11 is 0. The third-order valence-corrected chi connectivity index (χ3v) is 7.28. The fourth-order valence-corrected chi connectivity index (χ4v) is 5.10. The normalized spacial score (nSPS) is 17.5. The van der Waals surface area contributed by atoms with E-state index in [2.05, 4.69) is 37.5 Å². The maximum atomic E-state index is 13.1. The molecule has 8 nitrogen and oxygen atoms in total. The number of alkyl halides is 3. The summed E-state index contributed by atoms with van der Waals surface area (Å²) in [6, 6.07) is 9.85. The highest BCUT2D eigenvalue weighted by Crippen LogP contribution is 2.46. The minimum absolute atomic E-state index is 0.239. The second-order valence-corrected chi connectivity index (χ2v) is 10.1. The van der Waals surface area contributed by atoms with Gasteiger partial charge in [-0.3, -0.25) is 0 Å². The Morgan fingerprint density at radius 1 is 1.08 bits per heavy atom. The number of benzene rings is 1. The molecular formula is C27H28F3N7O. The highest BCUT2D eigenvalue weighted by molar-refractivity contribution is 5.71. The van der Waals surface area contributed by atoms with Crippen molar-refractivity contribution in [3.8, 4) is 28.5 Å². The molecule has 3 aromatic heterocycles.